The van der Waals surface area contributed by atoms with Crippen LogP contribution in [0.25, 0.3) is 0 Å². The second-order valence-electron chi connectivity index (χ2n) is 6.34. The second kappa shape index (κ2) is 9.38. The highest BCUT2D eigenvalue weighted by Crippen LogP contribution is 2.50. The lowest BCUT2D eigenvalue weighted by Gasteiger charge is -2.32. The number of rotatable bonds is 7. The number of carbonyl (C=O) groups is 1. The first-order valence-electron chi connectivity index (χ1n) is 8.90. The Morgan fingerprint density at radius 2 is 1.52 bits per heavy atom. The number of ether oxygens (including phenoxy) is 1. The van der Waals surface area contributed by atoms with E-state index in [1.165, 1.54) is 0 Å². The van der Waals surface area contributed by atoms with Gasteiger partial charge < -0.3 is 9.84 Å². The molecule has 0 aliphatic rings. The van der Waals surface area contributed by atoms with E-state index in [-0.39, 0.29) is 24.4 Å². The first kappa shape index (κ1) is 24.2. The lowest BCUT2D eigenvalue weighted by Crippen LogP contribution is -2.53. The van der Waals surface area contributed by atoms with Crippen LogP contribution in [-0.4, -0.2) is 35.7 Å². The van der Waals surface area contributed by atoms with Crippen molar-refractivity contribution in [2.75, 3.05) is 12.0 Å². The zero-order chi connectivity index (χ0) is 23.3. The van der Waals surface area contributed by atoms with Gasteiger partial charge in [-0.05, 0) is 24.6 Å². The van der Waals surface area contributed by atoms with Gasteiger partial charge in [0.05, 0.1) is 12.3 Å². The average Bonchev–Trinajstić information content (AvgIpc) is 2.70. The Kier molecular flexibility index (Phi) is 7.32. The van der Waals surface area contributed by atoms with Crippen LogP contribution >= 0.6 is 0 Å². The highest BCUT2D eigenvalue weighted by molar-refractivity contribution is 6.37. The number of hydrogen-bond acceptors (Lipinski definition) is 5. The largest absolute Gasteiger partial charge is 0.461 e. The van der Waals surface area contributed by atoms with E-state index < -0.39 is 29.5 Å². The van der Waals surface area contributed by atoms with Gasteiger partial charge in [0.1, 0.15) is 5.71 Å². The Morgan fingerprint density at radius 1 is 0.968 bits per heavy atom. The summed E-state index contributed by atoms with van der Waals surface area (Å²) in [4.78, 5) is 12.1. The molecule has 2 aromatic rings. The standard InChI is InChI=1S/C20H18F6N2O3/c1-2-31-17(29)16(12-13-6-4-3-5-7-13)28-27-15-10-8-14(9-11-15)18(30,19(21,22)23)20(24,25)26/h3-11,27,30H,2,12H2,1H3. The van der Waals surface area contributed by atoms with Crippen LogP contribution in [0, 0.1) is 0 Å². The number of carbonyl (C=O) groups excluding carboxylic acids is 1. The van der Waals surface area contributed by atoms with Crippen molar-refractivity contribution < 1.29 is 41.0 Å². The zero-order valence-corrected chi connectivity index (χ0v) is 16.1. The summed E-state index contributed by atoms with van der Waals surface area (Å²) in [5, 5.41) is 13.3. The fourth-order valence-corrected chi connectivity index (χ4v) is 2.57. The van der Waals surface area contributed by atoms with Gasteiger partial charge >= 0.3 is 18.3 Å². The summed E-state index contributed by atoms with van der Waals surface area (Å²) in [6.07, 6.45) is -11.9. The first-order valence-corrected chi connectivity index (χ1v) is 8.90. The number of halogens is 6. The van der Waals surface area contributed by atoms with E-state index in [9.17, 15) is 36.2 Å². The summed E-state index contributed by atoms with van der Waals surface area (Å²) < 4.78 is 82.6. The summed E-state index contributed by atoms with van der Waals surface area (Å²) >= 11 is 0. The van der Waals surface area contributed by atoms with Crippen molar-refractivity contribution in [1.82, 2.24) is 0 Å². The number of nitrogens with zero attached hydrogens (tertiary/aromatic N) is 1. The summed E-state index contributed by atoms with van der Waals surface area (Å²) in [6, 6.07) is 11.4. The van der Waals surface area contributed by atoms with Gasteiger partial charge in [0.2, 0.25) is 0 Å². The van der Waals surface area contributed by atoms with E-state index in [2.05, 4.69) is 10.5 Å². The summed E-state index contributed by atoms with van der Waals surface area (Å²) in [7, 11) is 0. The van der Waals surface area contributed by atoms with Gasteiger partial charge in [-0.15, -0.1) is 0 Å². The first-order chi connectivity index (χ1) is 14.4. The van der Waals surface area contributed by atoms with Crippen molar-refractivity contribution in [2.24, 2.45) is 5.10 Å². The molecule has 0 heterocycles. The molecule has 11 heteroatoms. The fraction of sp³-hybridized carbons (Fsp3) is 0.300. The van der Waals surface area contributed by atoms with Crippen LogP contribution < -0.4 is 5.43 Å². The minimum atomic E-state index is -5.98. The predicted octanol–water partition coefficient (Wildman–Crippen LogP) is 4.57. The SMILES string of the molecule is CCOC(=O)C(Cc1ccccc1)=NNc1ccc(C(O)(C(F)(F)F)C(F)(F)F)cc1. The van der Waals surface area contributed by atoms with Gasteiger partial charge in [-0.3, -0.25) is 5.43 Å². The van der Waals surface area contributed by atoms with Gasteiger partial charge in [-0.1, -0.05) is 42.5 Å². The minimum Gasteiger partial charge on any atom is -0.461 e. The third kappa shape index (κ3) is 5.54. The number of hydrazone groups is 1. The molecule has 0 aliphatic carbocycles. The van der Waals surface area contributed by atoms with Gasteiger partial charge in [0.25, 0.3) is 5.60 Å². The van der Waals surface area contributed by atoms with Crippen molar-refractivity contribution >= 4 is 17.4 Å². The Bertz CT molecular complexity index is 895. The number of aliphatic hydroxyl groups is 1. The highest BCUT2D eigenvalue weighted by Gasteiger charge is 2.71. The molecule has 2 rings (SSSR count). The Balaban J connectivity index is 2.28. The molecule has 168 valence electrons. The number of alkyl halides is 6. The van der Waals surface area contributed by atoms with Crippen molar-refractivity contribution in [3.8, 4) is 0 Å². The van der Waals surface area contributed by atoms with Crippen molar-refractivity contribution in [2.45, 2.75) is 31.3 Å². The Hall–Kier alpha value is -3.08. The Morgan fingerprint density at radius 3 is 2.00 bits per heavy atom. The smallest absolute Gasteiger partial charge is 0.430 e. The Labute approximate surface area is 173 Å². The lowest BCUT2D eigenvalue weighted by molar-refractivity contribution is -0.376. The average molecular weight is 448 g/mol. The van der Waals surface area contributed by atoms with E-state index in [1.807, 2.05) is 0 Å². The molecule has 0 atom stereocenters. The lowest BCUT2D eigenvalue weighted by atomic mass is 9.92. The molecule has 0 unspecified atom stereocenters. The topological polar surface area (TPSA) is 70.9 Å². The molecular formula is C20H18F6N2O3. The third-order valence-corrected chi connectivity index (χ3v) is 4.17. The fourth-order valence-electron chi connectivity index (χ4n) is 2.57. The number of benzene rings is 2. The van der Waals surface area contributed by atoms with Crippen LogP contribution in [0.5, 0.6) is 0 Å². The molecule has 2 aromatic carbocycles. The molecular weight excluding hydrogens is 430 g/mol. The monoisotopic (exact) mass is 448 g/mol. The second-order valence-corrected chi connectivity index (χ2v) is 6.34. The molecule has 0 spiro atoms. The van der Waals surface area contributed by atoms with Gasteiger partial charge in [0.15, 0.2) is 0 Å². The normalized spacial score (nSPS) is 13.1. The maximum absolute atomic E-state index is 12.9. The molecule has 5 nitrogen and oxygen atoms in total. The van der Waals surface area contributed by atoms with Crippen LogP contribution in [0.2, 0.25) is 0 Å². The molecule has 0 radical (unpaired) electrons. The van der Waals surface area contributed by atoms with E-state index in [4.69, 9.17) is 4.74 Å². The van der Waals surface area contributed by atoms with Gasteiger partial charge in [0, 0.05) is 12.0 Å². The molecule has 31 heavy (non-hydrogen) atoms. The summed E-state index contributed by atoms with van der Waals surface area (Å²) in [6.45, 7) is 1.67. The van der Waals surface area contributed by atoms with E-state index >= 15 is 0 Å². The predicted molar refractivity (Wildman–Crippen MR) is 100 cm³/mol. The molecule has 0 bridgehead atoms. The number of nitrogens with one attached hydrogen (secondary N) is 1. The maximum atomic E-state index is 12.9. The van der Waals surface area contributed by atoms with Crippen molar-refractivity contribution in [3.63, 3.8) is 0 Å². The quantitative estimate of drug-likeness (QED) is 0.282. The zero-order valence-electron chi connectivity index (χ0n) is 16.1. The molecule has 0 fully saturated rings. The highest BCUT2D eigenvalue weighted by atomic mass is 19.4. The van der Waals surface area contributed by atoms with Crippen molar-refractivity contribution in [1.29, 1.82) is 0 Å². The summed E-state index contributed by atoms with van der Waals surface area (Å²) in [5.74, 6) is -0.737. The van der Waals surface area contributed by atoms with Crippen molar-refractivity contribution in [3.05, 3.63) is 65.7 Å². The number of hydrogen-bond donors (Lipinski definition) is 2. The van der Waals surface area contributed by atoms with Crippen LogP contribution in [0.4, 0.5) is 32.0 Å². The van der Waals surface area contributed by atoms with Gasteiger partial charge in [-0.2, -0.15) is 31.4 Å². The van der Waals surface area contributed by atoms with E-state index in [0.29, 0.717) is 12.1 Å². The summed E-state index contributed by atoms with van der Waals surface area (Å²) in [5.41, 5.74) is -3.36. The maximum Gasteiger partial charge on any atom is 0.430 e. The van der Waals surface area contributed by atoms with E-state index in [0.717, 1.165) is 17.7 Å². The molecule has 0 aromatic heterocycles. The van der Waals surface area contributed by atoms with Crippen LogP contribution in [0.1, 0.15) is 18.1 Å². The molecule has 0 amide bonds. The molecule has 0 aliphatic heterocycles. The third-order valence-electron chi connectivity index (χ3n) is 4.17. The van der Waals surface area contributed by atoms with Crippen LogP contribution in [0.3, 0.4) is 0 Å². The van der Waals surface area contributed by atoms with E-state index in [1.54, 1.807) is 37.3 Å². The number of esters is 1. The molecule has 2 N–H and O–H groups in total. The molecule has 0 saturated heterocycles. The van der Waals surface area contributed by atoms with Crippen LogP contribution in [0.15, 0.2) is 59.7 Å². The van der Waals surface area contributed by atoms with Gasteiger partial charge in [-0.25, -0.2) is 4.79 Å². The minimum absolute atomic E-state index is 0.00897. The van der Waals surface area contributed by atoms with Crippen LogP contribution in [-0.2, 0) is 21.6 Å². The molecule has 0 saturated carbocycles. The number of anilines is 1.